The number of rotatable bonds is 5. The van der Waals surface area contributed by atoms with Gasteiger partial charge >= 0.3 is 0 Å². The highest BCUT2D eigenvalue weighted by Gasteiger charge is 2.07. The van der Waals surface area contributed by atoms with Gasteiger partial charge in [0.25, 0.3) is 0 Å². The predicted octanol–water partition coefficient (Wildman–Crippen LogP) is 5.27. The summed E-state index contributed by atoms with van der Waals surface area (Å²) in [5.41, 5.74) is 5.88. The molecule has 0 amide bonds. The molecule has 0 aliphatic rings. The highest BCUT2D eigenvalue weighted by atomic mass is 16.5. The molecule has 5 aromatic rings. The summed E-state index contributed by atoms with van der Waals surface area (Å²) in [5, 5.41) is 8.10. The van der Waals surface area contributed by atoms with E-state index in [9.17, 15) is 0 Å². The second-order valence-corrected chi connectivity index (χ2v) is 6.76. The fourth-order valence-corrected chi connectivity index (χ4v) is 3.26. The van der Waals surface area contributed by atoms with Crippen LogP contribution in [-0.4, -0.2) is 20.2 Å². The van der Waals surface area contributed by atoms with Gasteiger partial charge in [-0.05, 0) is 35.9 Å². The molecule has 0 radical (unpaired) electrons. The van der Waals surface area contributed by atoms with Crippen LogP contribution in [0, 0.1) is 0 Å². The van der Waals surface area contributed by atoms with Crippen LogP contribution in [0.1, 0.15) is 5.56 Å². The van der Waals surface area contributed by atoms with Gasteiger partial charge in [-0.15, -0.1) is 0 Å². The molecule has 1 N–H and O–H groups in total. The Balaban J connectivity index is 1.41. The monoisotopic (exact) mass is 378 g/mol. The Morgan fingerprint density at radius 1 is 0.759 bits per heavy atom. The van der Waals surface area contributed by atoms with E-state index in [2.05, 4.69) is 38.4 Å². The van der Waals surface area contributed by atoms with Crippen LogP contribution in [0.15, 0.2) is 91.4 Å². The number of benzene rings is 3. The van der Waals surface area contributed by atoms with E-state index >= 15 is 0 Å². The Labute approximate surface area is 168 Å². The van der Waals surface area contributed by atoms with Crippen LogP contribution in [0.5, 0.6) is 5.75 Å². The molecule has 0 spiro atoms. The molecule has 0 aliphatic carbocycles. The highest BCUT2D eigenvalue weighted by molar-refractivity contribution is 5.83. The largest absolute Gasteiger partial charge is 0.489 e. The highest BCUT2D eigenvalue weighted by Crippen LogP contribution is 2.27. The third-order valence-corrected chi connectivity index (χ3v) is 4.78. The molecule has 5 heteroatoms. The molecular weight excluding hydrogens is 360 g/mol. The van der Waals surface area contributed by atoms with Gasteiger partial charge in [0.2, 0.25) is 0 Å². The van der Waals surface area contributed by atoms with Crippen LogP contribution in [0.25, 0.3) is 33.4 Å². The standard InChI is InChI=1S/C24H18N4O/c1-2-5-17(6-3-1)15-29-21-8-4-7-18(12-21)23-13-24(26-16-25-23)19-9-10-22-20(11-19)14-27-28-22/h1-14,16H,15H2,(H,27,28). The van der Waals surface area contributed by atoms with E-state index in [-0.39, 0.29) is 0 Å². The van der Waals surface area contributed by atoms with E-state index in [1.165, 1.54) is 0 Å². The van der Waals surface area contributed by atoms with Crippen molar-refractivity contribution in [2.45, 2.75) is 6.61 Å². The number of nitrogens with one attached hydrogen (secondary N) is 1. The van der Waals surface area contributed by atoms with Crippen molar-refractivity contribution in [1.29, 1.82) is 0 Å². The van der Waals surface area contributed by atoms with Crippen molar-refractivity contribution in [3.63, 3.8) is 0 Å². The number of hydrogen-bond acceptors (Lipinski definition) is 4. The number of fused-ring (bicyclic) bond motifs is 1. The second-order valence-electron chi connectivity index (χ2n) is 6.76. The molecule has 0 aliphatic heterocycles. The van der Waals surface area contributed by atoms with Crippen LogP contribution in [0.4, 0.5) is 0 Å². The Bertz CT molecular complexity index is 1260. The van der Waals surface area contributed by atoms with Crippen molar-refractivity contribution in [2.24, 2.45) is 0 Å². The van der Waals surface area contributed by atoms with Crippen LogP contribution >= 0.6 is 0 Å². The Morgan fingerprint density at radius 2 is 1.59 bits per heavy atom. The first-order chi connectivity index (χ1) is 14.3. The van der Waals surface area contributed by atoms with Gasteiger partial charge in [0.1, 0.15) is 18.7 Å². The van der Waals surface area contributed by atoms with Gasteiger partial charge in [0.05, 0.1) is 23.1 Å². The van der Waals surface area contributed by atoms with E-state index in [1.54, 1.807) is 6.33 Å². The molecule has 2 aromatic heterocycles. The molecule has 5 nitrogen and oxygen atoms in total. The summed E-state index contributed by atoms with van der Waals surface area (Å²) < 4.78 is 5.95. The molecular formula is C24H18N4O. The number of ether oxygens (including phenoxy) is 1. The van der Waals surface area contributed by atoms with Crippen molar-refractivity contribution in [3.05, 3.63) is 97.0 Å². The Morgan fingerprint density at radius 3 is 2.45 bits per heavy atom. The van der Waals surface area contributed by atoms with Gasteiger partial charge in [-0.1, -0.05) is 48.5 Å². The van der Waals surface area contributed by atoms with Crippen LogP contribution < -0.4 is 4.74 Å². The summed E-state index contributed by atoms with van der Waals surface area (Å²) in [6, 6.07) is 26.2. The summed E-state index contributed by atoms with van der Waals surface area (Å²) in [5.74, 6) is 0.811. The van der Waals surface area contributed by atoms with E-state index in [0.29, 0.717) is 6.61 Å². The van der Waals surface area contributed by atoms with Gasteiger partial charge in [0, 0.05) is 16.5 Å². The number of H-pyrrole nitrogens is 1. The molecule has 5 rings (SSSR count). The molecule has 2 heterocycles. The lowest BCUT2D eigenvalue weighted by atomic mass is 10.1. The van der Waals surface area contributed by atoms with Crippen LogP contribution in [-0.2, 0) is 6.61 Å². The van der Waals surface area contributed by atoms with Crippen LogP contribution in [0.3, 0.4) is 0 Å². The van der Waals surface area contributed by atoms with Gasteiger partial charge in [-0.3, -0.25) is 5.10 Å². The number of aromatic nitrogens is 4. The molecule has 140 valence electrons. The fraction of sp³-hybridized carbons (Fsp3) is 0.0417. The minimum Gasteiger partial charge on any atom is -0.489 e. The van der Waals surface area contributed by atoms with E-state index < -0.39 is 0 Å². The molecule has 0 bridgehead atoms. The normalized spacial score (nSPS) is 10.9. The first kappa shape index (κ1) is 17.1. The molecule has 0 saturated carbocycles. The maximum absolute atomic E-state index is 5.95. The van der Waals surface area contributed by atoms with Crippen molar-refractivity contribution in [1.82, 2.24) is 20.2 Å². The predicted molar refractivity (Wildman–Crippen MR) is 113 cm³/mol. The molecule has 0 fully saturated rings. The van der Waals surface area contributed by atoms with Gasteiger partial charge in [-0.2, -0.15) is 5.10 Å². The maximum atomic E-state index is 5.95. The average Bonchev–Trinajstić information content (AvgIpc) is 3.27. The van der Waals surface area contributed by atoms with E-state index in [4.69, 9.17) is 4.74 Å². The fourth-order valence-electron chi connectivity index (χ4n) is 3.26. The number of aromatic amines is 1. The first-order valence-corrected chi connectivity index (χ1v) is 9.38. The zero-order chi connectivity index (χ0) is 19.5. The maximum Gasteiger partial charge on any atom is 0.120 e. The number of hydrogen-bond donors (Lipinski definition) is 1. The molecule has 29 heavy (non-hydrogen) atoms. The lowest BCUT2D eigenvalue weighted by molar-refractivity contribution is 0.306. The van der Waals surface area contributed by atoms with Crippen molar-refractivity contribution in [2.75, 3.05) is 0 Å². The molecule has 0 unspecified atom stereocenters. The van der Waals surface area contributed by atoms with Crippen LogP contribution in [0.2, 0.25) is 0 Å². The Hall–Kier alpha value is -3.99. The molecule has 3 aromatic carbocycles. The first-order valence-electron chi connectivity index (χ1n) is 9.38. The van der Waals surface area contributed by atoms with E-state index in [0.717, 1.165) is 44.7 Å². The lowest BCUT2D eigenvalue weighted by Crippen LogP contribution is -1.95. The lowest BCUT2D eigenvalue weighted by Gasteiger charge is -2.09. The summed E-state index contributed by atoms with van der Waals surface area (Å²) in [4.78, 5) is 8.91. The van der Waals surface area contributed by atoms with Gasteiger partial charge < -0.3 is 4.74 Å². The summed E-state index contributed by atoms with van der Waals surface area (Å²) >= 11 is 0. The topological polar surface area (TPSA) is 63.7 Å². The van der Waals surface area contributed by atoms with E-state index in [1.807, 2.05) is 66.9 Å². The van der Waals surface area contributed by atoms with Crippen molar-refractivity contribution in [3.8, 4) is 28.3 Å². The Kier molecular flexibility index (Phi) is 4.47. The van der Waals surface area contributed by atoms with Crippen molar-refractivity contribution >= 4 is 10.9 Å². The SMILES string of the molecule is c1ccc(COc2cccc(-c3cc(-c4ccc5[nH]ncc5c4)ncn3)c2)cc1. The zero-order valence-electron chi connectivity index (χ0n) is 15.6. The molecule has 0 saturated heterocycles. The summed E-state index contributed by atoms with van der Waals surface area (Å²) in [7, 11) is 0. The minimum atomic E-state index is 0.532. The second kappa shape index (κ2) is 7.56. The third kappa shape index (κ3) is 3.71. The summed E-state index contributed by atoms with van der Waals surface area (Å²) in [6.45, 7) is 0.532. The summed E-state index contributed by atoms with van der Waals surface area (Å²) in [6.07, 6.45) is 3.41. The van der Waals surface area contributed by atoms with Gasteiger partial charge in [-0.25, -0.2) is 9.97 Å². The molecule has 0 atom stereocenters. The quantitative estimate of drug-likeness (QED) is 0.453. The average molecular weight is 378 g/mol. The van der Waals surface area contributed by atoms with Crippen molar-refractivity contribution < 1.29 is 4.74 Å². The minimum absolute atomic E-state index is 0.532. The number of nitrogens with zero attached hydrogens (tertiary/aromatic N) is 3. The van der Waals surface area contributed by atoms with Gasteiger partial charge in [0.15, 0.2) is 0 Å². The third-order valence-electron chi connectivity index (χ3n) is 4.78. The zero-order valence-corrected chi connectivity index (χ0v) is 15.6. The smallest absolute Gasteiger partial charge is 0.120 e.